The molecule has 0 radical (unpaired) electrons. The standard InChI is InChI=1S/C18H30N6O2/c1-3-13(23-8-5-4-6-9-23)11-20-18(26)24-10-7-15-14(12-24)16(22-21-15)17(25)19-2/h13H,3-12H2,1-2H3,(H,19,25)(H,20,26)(H,21,22)/t13-/m0/s1. The summed E-state index contributed by atoms with van der Waals surface area (Å²) in [5.74, 6) is -0.221. The zero-order chi connectivity index (χ0) is 18.5. The third-order valence-corrected chi connectivity index (χ3v) is 5.53. The van der Waals surface area contributed by atoms with Crippen LogP contribution >= 0.6 is 0 Å². The number of carbonyl (C=O) groups is 2. The van der Waals surface area contributed by atoms with E-state index < -0.39 is 0 Å². The van der Waals surface area contributed by atoms with E-state index in [1.807, 2.05) is 0 Å². The summed E-state index contributed by atoms with van der Waals surface area (Å²) in [6.07, 6.45) is 5.54. The molecular weight excluding hydrogens is 332 g/mol. The number of nitrogens with zero attached hydrogens (tertiary/aromatic N) is 3. The van der Waals surface area contributed by atoms with Crippen molar-refractivity contribution in [3.05, 3.63) is 17.0 Å². The van der Waals surface area contributed by atoms with Gasteiger partial charge in [0.2, 0.25) is 0 Å². The van der Waals surface area contributed by atoms with Crippen LogP contribution in [0, 0.1) is 0 Å². The Balaban J connectivity index is 1.57. The fourth-order valence-corrected chi connectivity index (χ4v) is 3.91. The SMILES string of the molecule is CC[C@@H](CNC(=O)N1CCc2[nH]nc(C(=O)NC)c2C1)N1CCCCC1. The van der Waals surface area contributed by atoms with Crippen molar-refractivity contribution >= 4 is 11.9 Å². The molecule has 1 aromatic rings. The van der Waals surface area contributed by atoms with Crippen molar-refractivity contribution in [2.45, 2.75) is 51.6 Å². The van der Waals surface area contributed by atoms with E-state index in [0.717, 1.165) is 30.8 Å². The molecule has 1 atom stereocenters. The van der Waals surface area contributed by atoms with Crippen molar-refractivity contribution in [2.24, 2.45) is 0 Å². The van der Waals surface area contributed by atoms with Gasteiger partial charge in [-0.05, 0) is 32.4 Å². The molecule has 0 unspecified atom stereocenters. The maximum Gasteiger partial charge on any atom is 0.317 e. The molecule has 3 N–H and O–H groups in total. The van der Waals surface area contributed by atoms with Gasteiger partial charge < -0.3 is 15.5 Å². The van der Waals surface area contributed by atoms with Crippen LogP contribution in [0.15, 0.2) is 0 Å². The number of rotatable bonds is 5. The van der Waals surface area contributed by atoms with Crippen LogP contribution in [0.2, 0.25) is 0 Å². The van der Waals surface area contributed by atoms with E-state index in [1.54, 1.807) is 11.9 Å². The average Bonchev–Trinajstić information content (AvgIpc) is 3.11. The summed E-state index contributed by atoms with van der Waals surface area (Å²) in [6.45, 7) is 6.17. The van der Waals surface area contributed by atoms with Crippen LogP contribution in [0.25, 0.3) is 0 Å². The number of amides is 3. The normalized spacial score (nSPS) is 18.9. The van der Waals surface area contributed by atoms with Gasteiger partial charge in [-0.25, -0.2) is 4.79 Å². The van der Waals surface area contributed by atoms with Crippen molar-refractivity contribution in [1.82, 2.24) is 30.6 Å². The highest BCUT2D eigenvalue weighted by atomic mass is 16.2. The summed E-state index contributed by atoms with van der Waals surface area (Å²) in [6, 6.07) is 0.338. The fourth-order valence-electron chi connectivity index (χ4n) is 3.91. The molecule has 3 heterocycles. The van der Waals surface area contributed by atoms with Gasteiger partial charge in [0, 0.05) is 43.9 Å². The van der Waals surface area contributed by atoms with Gasteiger partial charge >= 0.3 is 6.03 Å². The summed E-state index contributed by atoms with van der Waals surface area (Å²) in [5, 5.41) is 12.7. The van der Waals surface area contributed by atoms with Gasteiger partial charge in [-0.15, -0.1) is 0 Å². The van der Waals surface area contributed by atoms with Crippen molar-refractivity contribution in [3.8, 4) is 0 Å². The Hall–Kier alpha value is -2.09. The molecule has 0 spiro atoms. The van der Waals surface area contributed by atoms with Crippen LogP contribution in [-0.4, -0.2) is 71.2 Å². The number of hydrogen-bond acceptors (Lipinski definition) is 4. The molecule has 3 amide bonds. The number of carbonyl (C=O) groups excluding carboxylic acids is 2. The lowest BCUT2D eigenvalue weighted by Gasteiger charge is -2.35. The molecule has 0 aromatic carbocycles. The predicted octanol–water partition coefficient (Wildman–Crippen LogP) is 1.10. The van der Waals surface area contributed by atoms with Gasteiger partial charge in [-0.3, -0.25) is 14.8 Å². The molecule has 2 aliphatic rings. The average molecular weight is 362 g/mol. The van der Waals surface area contributed by atoms with Gasteiger partial charge in [0.15, 0.2) is 5.69 Å². The number of urea groups is 1. The van der Waals surface area contributed by atoms with Crippen LogP contribution < -0.4 is 10.6 Å². The first kappa shape index (κ1) is 18.7. The van der Waals surface area contributed by atoms with E-state index >= 15 is 0 Å². The van der Waals surface area contributed by atoms with Crippen molar-refractivity contribution in [2.75, 3.05) is 33.2 Å². The Kier molecular flexibility index (Phi) is 6.13. The highest BCUT2D eigenvalue weighted by molar-refractivity contribution is 5.94. The first-order valence-corrected chi connectivity index (χ1v) is 9.69. The van der Waals surface area contributed by atoms with Crippen molar-refractivity contribution in [1.29, 1.82) is 0 Å². The Morgan fingerprint density at radius 3 is 2.69 bits per heavy atom. The van der Waals surface area contributed by atoms with Gasteiger partial charge in [-0.2, -0.15) is 5.10 Å². The summed E-state index contributed by atoms with van der Waals surface area (Å²) in [7, 11) is 1.59. The number of likely N-dealkylation sites (tertiary alicyclic amines) is 1. The second-order valence-corrected chi connectivity index (χ2v) is 7.12. The van der Waals surface area contributed by atoms with E-state index in [9.17, 15) is 9.59 Å². The lowest BCUT2D eigenvalue weighted by atomic mass is 10.1. The molecular formula is C18H30N6O2. The molecule has 3 rings (SSSR count). The Morgan fingerprint density at radius 2 is 2.00 bits per heavy atom. The highest BCUT2D eigenvalue weighted by Gasteiger charge is 2.28. The molecule has 0 aliphatic carbocycles. The number of H-pyrrole nitrogens is 1. The molecule has 0 bridgehead atoms. The molecule has 0 saturated carbocycles. The third-order valence-electron chi connectivity index (χ3n) is 5.53. The molecule has 144 valence electrons. The van der Waals surface area contributed by atoms with E-state index in [0.29, 0.717) is 37.8 Å². The molecule has 1 fully saturated rings. The zero-order valence-corrected chi connectivity index (χ0v) is 15.8. The lowest BCUT2D eigenvalue weighted by molar-refractivity contribution is 0.0955. The van der Waals surface area contributed by atoms with Gasteiger partial charge in [0.05, 0.1) is 6.54 Å². The Morgan fingerprint density at radius 1 is 1.23 bits per heavy atom. The number of piperidine rings is 1. The Bertz CT molecular complexity index is 638. The number of aromatic amines is 1. The first-order valence-electron chi connectivity index (χ1n) is 9.69. The topological polar surface area (TPSA) is 93.4 Å². The Labute approximate surface area is 154 Å². The highest BCUT2D eigenvalue weighted by Crippen LogP contribution is 2.20. The summed E-state index contributed by atoms with van der Waals surface area (Å²) in [5.41, 5.74) is 2.17. The largest absolute Gasteiger partial charge is 0.354 e. The van der Waals surface area contributed by atoms with Gasteiger partial charge in [0.1, 0.15) is 0 Å². The zero-order valence-electron chi connectivity index (χ0n) is 15.8. The monoisotopic (exact) mass is 362 g/mol. The van der Waals surface area contributed by atoms with Crippen molar-refractivity contribution < 1.29 is 9.59 Å². The number of nitrogens with one attached hydrogen (secondary N) is 3. The third kappa shape index (κ3) is 4.00. The van der Waals surface area contributed by atoms with E-state index in [2.05, 4.69) is 32.7 Å². The maximum atomic E-state index is 12.6. The van der Waals surface area contributed by atoms with E-state index in [-0.39, 0.29) is 11.9 Å². The molecule has 26 heavy (non-hydrogen) atoms. The summed E-state index contributed by atoms with van der Waals surface area (Å²) < 4.78 is 0. The van der Waals surface area contributed by atoms with E-state index in [1.165, 1.54) is 19.3 Å². The van der Waals surface area contributed by atoms with Crippen LogP contribution in [0.5, 0.6) is 0 Å². The van der Waals surface area contributed by atoms with E-state index in [4.69, 9.17) is 0 Å². The molecule has 8 nitrogen and oxygen atoms in total. The second kappa shape index (κ2) is 8.53. The second-order valence-electron chi connectivity index (χ2n) is 7.12. The molecule has 1 saturated heterocycles. The molecule has 1 aromatic heterocycles. The van der Waals surface area contributed by atoms with Crippen molar-refractivity contribution in [3.63, 3.8) is 0 Å². The lowest BCUT2D eigenvalue weighted by Crippen LogP contribution is -2.49. The minimum Gasteiger partial charge on any atom is -0.354 e. The number of aromatic nitrogens is 2. The van der Waals surface area contributed by atoms with Crippen LogP contribution in [0.1, 0.15) is 54.4 Å². The smallest absolute Gasteiger partial charge is 0.317 e. The first-order chi connectivity index (χ1) is 12.6. The molecule has 8 heteroatoms. The number of fused-ring (bicyclic) bond motifs is 1. The number of hydrogen-bond donors (Lipinski definition) is 3. The minimum absolute atomic E-state index is 0.0600. The minimum atomic E-state index is -0.221. The predicted molar refractivity (Wildman–Crippen MR) is 99.0 cm³/mol. The summed E-state index contributed by atoms with van der Waals surface area (Å²) in [4.78, 5) is 28.9. The van der Waals surface area contributed by atoms with Gasteiger partial charge in [-0.1, -0.05) is 13.3 Å². The van der Waals surface area contributed by atoms with Crippen LogP contribution in [-0.2, 0) is 13.0 Å². The fraction of sp³-hybridized carbons (Fsp3) is 0.722. The summed E-state index contributed by atoms with van der Waals surface area (Å²) >= 11 is 0. The quantitative estimate of drug-likeness (QED) is 0.731. The van der Waals surface area contributed by atoms with Crippen LogP contribution in [0.4, 0.5) is 4.79 Å². The molecule has 2 aliphatic heterocycles. The maximum absolute atomic E-state index is 12.6. The van der Waals surface area contributed by atoms with Gasteiger partial charge in [0.25, 0.3) is 5.91 Å². The van der Waals surface area contributed by atoms with Crippen LogP contribution in [0.3, 0.4) is 0 Å².